The van der Waals surface area contributed by atoms with Crippen molar-refractivity contribution in [3.8, 4) is 0 Å². The highest BCUT2D eigenvalue weighted by atomic mass is 32.2. The van der Waals surface area contributed by atoms with Crippen molar-refractivity contribution in [1.29, 1.82) is 0 Å². The van der Waals surface area contributed by atoms with Gasteiger partial charge in [0.2, 0.25) is 15.9 Å². The van der Waals surface area contributed by atoms with Crippen LogP contribution in [0.4, 0.5) is 0 Å². The second-order valence-electron chi connectivity index (χ2n) is 7.25. The minimum Gasteiger partial charge on any atom is -0.361 e. The first-order valence-electron chi connectivity index (χ1n) is 9.14. The molecule has 0 unspecified atom stereocenters. The van der Waals surface area contributed by atoms with Crippen LogP contribution in [0, 0.1) is 19.8 Å². The quantitative estimate of drug-likeness (QED) is 0.723. The summed E-state index contributed by atoms with van der Waals surface area (Å²) in [4.78, 5) is 28.9. The van der Waals surface area contributed by atoms with Gasteiger partial charge < -0.3 is 14.3 Å². The highest BCUT2D eigenvalue weighted by molar-refractivity contribution is 7.88. The number of piperidine rings is 1. The van der Waals surface area contributed by atoms with Gasteiger partial charge in [0, 0.05) is 45.2 Å². The zero-order chi connectivity index (χ0) is 19.8. The van der Waals surface area contributed by atoms with Gasteiger partial charge in [0.25, 0.3) is 5.91 Å². The lowest BCUT2D eigenvalue weighted by atomic mass is 9.96. The summed E-state index contributed by atoms with van der Waals surface area (Å²) in [6.45, 7) is 6.15. The molecule has 0 spiro atoms. The van der Waals surface area contributed by atoms with Gasteiger partial charge in [0.05, 0.1) is 11.9 Å². The van der Waals surface area contributed by atoms with Crippen LogP contribution < -0.4 is 0 Å². The van der Waals surface area contributed by atoms with E-state index in [2.05, 4.69) is 5.16 Å². The van der Waals surface area contributed by atoms with Crippen LogP contribution in [0.5, 0.6) is 0 Å². The van der Waals surface area contributed by atoms with Crippen molar-refractivity contribution in [1.82, 2.24) is 19.3 Å². The maximum Gasteiger partial charge on any atom is 0.259 e. The number of rotatable bonds is 3. The van der Waals surface area contributed by atoms with E-state index in [-0.39, 0.29) is 17.7 Å². The normalized spacial score (nSPS) is 20.1. The molecule has 10 heteroatoms. The Bertz CT molecular complexity index is 799. The van der Waals surface area contributed by atoms with E-state index in [9.17, 15) is 18.0 Å². The third-order valence-electron chi connectivity index (χ3n) is 5.40. The van der Waals surface area contributed by atoms with Gasteiger partial charge in [-0.25, -0.2) is 12.7 Å². The summed E-state index contributed by atoms with van der Waals surface area (Å²) in [6, 6.07) is 0. The van der Waals surface area contributed by atoms with Crippen molar-refractivity contribution >= 4 is 21.8 Å². The Hall–Kier alpha value is -1.94. The van der Waals surface area contributed by atoms with Gasteiger partial charge in [-0.2, -0.15) is 0 Å². The SMILES string of the molecule is Cc1noc(C)c1C(=O)N1CCN(C(=O)C2CCN(S(C)(=O)=O)CC2)CC1. The van der Waals surface area contributed by atoms with E-state index >= 15 is 0 Å². The molecule has 27 heavy (non-hydrogen) atoms. The number of amides is 2. The minimum atomic E-state index is -3.19. The first-order chi connectivity index (χ1) is 12.7. The summed E-state index contributed by atoms with van der Waals surface area (Å²) in [6.07, 6.45) is 2.29. The maximum absolute atomic E-state index is 12.8. The van der Waals surface area contributed by atoms with Crippen LogP contribution in [0.15, 0.2) is 4.52 Å². The predicted molar refractivity (Wildman–Crippen MR) is 97.6 cm³/mol. The summed E-state index contributed by atoms with van der Waals surface area (Å²) < 4.78 is 29.7. The topological polar surface area (TPSA) is 104 Å². The Morgan fingerprint density at radius 2 is 1.56 bits per heavy atom. The number of carbonyl (C=O) groups is 2. The van der Waals surface area contributed by atoms with Crippen LogP contribution in [0.3, 0.4) is 0 Å². The second kappa shape index (κ2) is 7.59. The van der Waals surface area contributed by atoms with Crippen LogP contribution >= 0.6 is 0 Å². The largest absolute Gasteiger partial charge is 0.361 e. The fourth-order valence-electron chi connectivity index (χ4n) is 3.77. The molecular formula is C17H26N4O5S. The molecule has 0 aliphatic carbocycles. The number of hydrogen-bond donors (Lipinski definition) is 0. The molecule has 1 aromatic heterocycles. The van der Waals surface area contributed by atoms with Crippen LogP contribution in [0.2, 0.25) is 0 Å². The molecule has 9 nitrogen and oxygen atoms in total. The second-order valence-corrected chi connectivity index (χ2v) is 9.24. The summed E-state index contributed by atoms with van der Waals surface area (Å²) >= 11 is 0. The number of nitrogens with zero attached hydrogens (tertiary/aromatic N) is 4. The molecule has 2 fully saturated rings. The molecular weight excluding hydrogens is 372 g/mol. The van der Waals surface area contributed by atoms with Crippen LogP contribution in [-0.4, -0.2) is 85.0 Å². The third kappa shape index (κ3) is 4.16. The van der Waals surface area contributed by atoms with E-state index in [4.69, 9.17) is 4.52 Å². The lowest BCUT2D eigenvalue weighted by molar-refractivity contribution is -0.138. The van der Waals surface area contributed by atoms with E-state index in [1.807, 2.05) is 0 Å². The molecule has 0 aromatic carbocycles. The smallest absolute Gasteiger partial charge is 0.259 e. The molecule has 1 aromatic rings. The number of aryl methyl sites for hydroxylation is 2. The fourth-order valence-corrected chi connectivity index (χ4v) is 4.64. The highest BCUT2D eigenvalue weighted by Gasteiger charge is 2.34. The van der Waals surface area contributed by atoms with Crippen molar-refractivity contribution in [3.05, 3.63) is 17.0 Å². The summed E-state index contributed by atoms with van der Waals surface area (Å²) in [7, 11) is -3.19. The van der Waals surface area contributed by atoms with Gasteiger partial charge >= 0.3 is 0 Å². The van der Waals surface area contributed by atoms with Crippen LogP contribution in [-0.2, 0) is 14.8 Å². The average molecular weight is 398 g/mol. The first-order valence-corrected chi connectivity index (χ1v) is 11.0. The summed E-state index contributed by atoms with van der Waals surface area (Å²) in [5, 5.41) is 3.83. The van der Waals surface area contributed by atoms with E-state index in [0.717, 1.165) is 0 Å². The molecule has 2 saturated heterocycles. The Morgan fingerprint density at radius 3 is 2.04 bits per heavy atom. The van der Waals surface area contributed by atoms with Crippen LogP contribution in [0.25, 0.3) is 0 Å². The molecule has 2 aliphatic heterocycles. The van der Waals surface area contributed by atoms with Gasteiger partial charge in [-0.05, 0) is 26.7 Å². The molecule has 2 aliphatic rings. The molecule has 0 bridgehead atoms. The number of sulfonamides is 1. The van der Waals surface area contributed by atoms with E-state index < -0.39 is 10.0 Å². The summed E-state index contributed by atoms with van der Waals surface area (Å²) in [5.74, 6) is 0.314. The zero-order valence-electron chi connectivity index (χ0n) is 16.0. The van der Waals surface area contributed by atoms with E-state index in [0.29, 0.717) is 69.1 Å². The molecule has 0 saturated carbocycles. The molecule has 150 valence electrons. The zero-order valence-corrected chi connectivity index (χ0v) is 16.8. The number of aromatic nitrogens is 1. The lowest BCUT2D eigenvalue weighted by Gasteiger charge is -2.38. The molecule has 0 radical (unpaired) electrons. The maximum atomic E-state index is 12.8. The number of carbonyl (C=O) groups excluding carboxylic acids is 2. The predicted octanol–water partition coefficient (Wildman–Crippen LogP) is 0.247. The third-order valence-corrected chi connectivity index (χ3v) is 6.70. The molecule has 3 rings (SSSR count). The van der Waals surface area contributed by atoms with Crippen molar-refractivity contribution in [2.45, 2.75) is 26.7 Å². The average Bonchev–Trinajstić information content (AvgIpc) is 2.98. The lowest BCUT2D eigenvalue weighted by Crippen LogP contribution is -2.53. The minimum absolute atomic E-state index is 0.0626. The van der Waals surface area contributed by atoms with Crippen molar-refractivity contribution < 1.29 is 22.5 Å². The Labute approximate surface area is 159 Å². The Kier molecular flexibility index (Phi) is 5.57. The Balaban J connectivity index is 1.54. The molecule has 0 atom stereocenters. The first kappa shape index (κ1) is 19.8. The number of hydrogen-bond acceptors (Lipinski definition) is 6. The standard InChI is InChI=1S/C17H26N4O5S/c1-12-15(13(2)26-18-12)17(23)20-10-8-19(9-11-20)16(22)14-4-6-21(7-5-14)27(3,24)25/h14H,4-11H2,1-3H3. The van der Waals surface area contributed by atoms with E-state index in [1.165, 1.54) is 10.6 Å². The van der Waals surface area contributed by atoms with Gasteiger partial charge in [-0.3, -0.25) is 9.59 Å². The van der Waals surface area contributed by atoms with Crippen molar-refractivity contribution in [2.24, 2.45) is 5.92 Å². The van der Waals surface area contributed by atoms with Crippen molar-refractivity contribution in [2.75, 3.05) is 45.5 Å². The van der Waals surface area contributed by atoms with Gasteiger partial charge in [-0.15, -0.1) is 0 Å². The summed E-state index contributed by atoms with van der Waals surface area (Å²) in [5.41, 5.74) is 1.08. The van der Waals surface area contributed by atoms with Gasteiger partial charge in [0.15, 0.2) is 0 Å². The van der Waals surface area contributed by atoms with Gasteiger partial charge in [0.1, 0.15) is 11.3 Å². The van der Waals surface area contributed by atoms with E-state index in [1.54, 1.807) is 23.6 Å². The molecule has 2 amide bonds. The van der Waals surface area contributed by atoms with Crippen LogP contribution in [0.1, 0.15) is 34.7 Å². The molecule has 0 N–H and O–H groups in total. The molecule has 3 heterocycles. The monoisotopic (exact) mass is 398 g/mol. The Morgan fingerprint density at radius 1 is 1.00 bits per heavy atom. The fraction of sp³-hybridized carbons (Fsp3) is 0.706. The number of piperazine rings is 1. The van der Waals surface area contributed by atoms with Gasteiger partial charge in [-0.1, -0.05) is 5.16 Å². The van der Waals surface area contributed by atoms with Crippen molar-refractivity contribution in [3.63, 3.8) is 0 Å². The highest BCUT2D eigenvalue weighted by Crippen LogP contribution is 2.23.